The lowest BCUT2D eigenvalue weighted by Gasteiger charge is -2.41. The molecule has 98 valence electrons. The number of nitrogens with zero attached hydrogens (tertiary/aromatic N) is 1. The Morgan fingerprint density at radius 1 is 1.17 bits per heavy atom. The van der Waals surface area contributed by atoms with Gasteiger partial charge in [-0.3, -0.25) is 4.90 Å². The van der Waals surface area contributed by atoms with Crippen LogP contribution in [0.1, 0.15) is 38.2 Å². The maximum Gasteiger partial charge on any atom is 0.0535 e. The van der Waals surface area contributed by atoms with Gasteiger partial charge in [-0.1, -0.05) is 36.8 Å². The van der Waals surface area contributed by atoms with Gasteiger partial charge in [0.25, 0.3) is 0 Å². The van der Waals surface area contributed by atoms with Crippen LogP contribution < -0.4 is 5.32 Å². The number of hydrogen-bond acceptors (Lipinski definition) is 2. The maximum absolute atomic E-state index is 3.77. The highest BCUT2D eigenvalue weighted by atomic mass is 15.2. The second kappa shape index (κ2) is 5.02. The zero-order valence-electron chi connectivity index (χ0n) is 11.4. The van der Waals surface area contributed by atoms with Gasteiger partial charge in [0, 0.05) is 12.6 Å². The van der Waals surface area contributed by atoms with Gasteiger partial charge in [-0.15, -0.1) is 0 Å². The highest BCUT2D eigenvalue weighted by molar-refractivity contribution is 5.24. The van der Waals surface area contributed by atoms with E-state index in [0.717, 1.165) is 19.1 Å². The molecule has 1 heterocycles. The summed E-state index contributed by atoms with van der Waals surface area (Å²) in [6.45, 7) is 5.91. The van der Waals surface area contributed by atoms with Crippen molar-refractivity contribution in [1.29, 1.82) is 0 Å². The molecule has 1 aromatic carbocycles. The molecule has 2 nitrogen and oxygen atoms in total. The third-order valence-corrected chi connectivity index (χ3v) is 4.66. The van der Waals surface area contributed by atoms with E-state index in [1.165, 1.54) is 37.8 Å². The van der Waals surface area contributed by atoms with Crippen molar-refractivity contribution in [3.8, 4) is 0 Å². The fourth-order valence-electron chi connectivity index (χ4n) is 3.25. The van der Waals surface area contributed by atoms with Crippen molar-refractivity contribution in [3.05, 3.63) is 35.9 Å². The van der Waals surface area contributed by atoms with E-state index in [2.05, 4.69) is 47.5 Å². The third kappa shape index (κ3) is 2.32. The van der Waals surface area contributed by atoms with E-state index >= 15 is 0 Å². The van der Waals surface area contributed by atoms with Gasteiger partial charge in [-0.2, -0.15) is 0 Å². The number of hydrogen-bond donors (Lipinski definition) is 1. The number of benzene rings is 1. The fraction of sp³-hybridized carbons (Fsp3) is 0.625. The maximum atomic E-state index is 3.77. The molecule has 2 heteroatoms. The van der Waals surface area contributed by atoms with E-state index in [0.29, 0.717) is 0 Å². The molecular weight excluding hydrogens is 220 g/mol. The lowest BCUT2D eigenvalue weighted by Crippen LogP contribution is -2.50. The van der Waals surface area contributed by atoms with Gasteiger partial charge < -0.3 is 5.32 Å². The number of rotatable bonds is 2. The SMILES string of the molecule is CC1(c2ccccc2)CN(C2CCC2)CCCN1. The summed E-state index contributed by atoms with van der Waals surface area (Å²) in [6.07, 6.45) is 5.52. The van der Waals surface area contributed by atoms with Crippen LogP contribution in [0.5, 0.6) is 0 Å². The van der Waals surface area contributed by atoms with Crippen LogP contribution in [0, 0.1) is 0 Å². The van der Waals surface area contributed by atoms with Crippen molar-refractivity contribution in [2.24, 2.45) is 0 Å². The van der Waals surface area contributed by atoms with E-state index in [1.807, 2.05) is 0 Å². The van der Waals surface area contributed by atoms with Crippen molar-refractivity contribution in [2.45, 2.75) is 44.2 Å². The molecule has 1 atom stereocenters. The van der Waals surface area contributed by atoms with Crippen molar-refractivity contribution < 1.29 is 0 Å². The molecule has 0 radical (unpaired) electrons. The van der Waals surface area contributed by atoms with Crippen molar-refractivity contribution >= 4 is 0 Å². The summed E-state index contributed by atoms with van der Waals surface area (Å²) in [6, 6.07) is 11.8. The minimum Gasteiger partial charge on any atom is -0.307 e. The van der Waals surface area contributed by atoms with Gasteiger partial charge in [0.2, 0.25) is 0 Å². The van der Waals surface area contributed by atoms with E-state index < -0.39 is 0 Å². The molecule has 1 aliphatic heterocycles. The lowest BCUT2D eigenvalue weighted by molar-refractivity contribution is 0.106. The standard InChI is InChI=1S/C16H24N2/c1-16(14-7-3-2-4-8-14)13-18(12-6-11-17-16)15-9-5-10-15/h2-4,7-8,15,17H,5-6,9-13H2,1H3. The molecule has 1 aliphatic carbocycles. The smallest absolute Gasteiger partial charge is 0.0535 e. The molecule has 1 saturated heterocycles. The number of nitrogens with one attached hydrogen (secondary N) is 1. The van der Waals surface area contributed by atoms with Gasteiger partial charge in [0.15, 0.2) is 0 Å². The first-order valence-electron chi connectivity index (χ1n) is 7.32. The third-order valence-electron chi connectivity index (χ3n) is 4.66. The normalized spacial score (nSPS) is 30.7. The van der Waals surface area contributed by atoms with E-state index in [1.54, 1.807) is 0 Å². The van der Waals surface area contributed by atoms with Gasteiger partial charge in [0.1, 0.15) is 0 Å². The van der Waals surface area contributed by atoms with E-state index in [9.17, 15) is 0 Å². The van der Waals surface area contributed by atoms with Gasteiger partial charge in [0.05, 0.1) is 5.54 Å². The molecule has 0 bridgehead atoms. The summed E-state index contributed by atoms with van der Waals surface area (Å²) in [7, 11) is 0. The van der Waals surface area contributed by atoms with Crippen molar-refractivity contribution in [1.82, 2.24) is 10.2 Å². The molecule has 3 rings (SSSR count). The molecule has 2 fully saturated rings. The fourth-order valence-corrected chi connectivity index (χ4v) is 3.25. The Labute approximate surface area is 110 Å². The molecule has 1 aromatic rings. The van der Waals surface area contributed by atoms with Crippen molar-refractivity contribution in [3.63, 3.8) is 0 Å². The van der Waals surface area contributed by atoms with Crippen LogP contribution in [0.3, 0.4) is 0 Å². The Balaban J connectivity index is 1.80. The van der Waals surface area contributed by atoms with E-state index in [-0.39, 0.29) is 5.54 Å². The Morgan fingerprint density at radius 2 is 1.94 bits per heavy atom. The molecule has 0 amide bonds. The highest BCUT2D eigenvalue weighted by Crippen LogP contribution is 2.30. The van der Waals surface area contributed by atoms with Crippen LogP contribution in [0.2, 0.25) is 0 Å². The first-order valence-corrected chi connectivity index (χ1v) is 7.32. The summed E-state index contributed by atoms with van der Waals surface area (Å²) in [5.74, 6) is 0. The van der Waals surface area contributed by atoms with Crippen LogP contribution in [0.15, 0.2) is 30.3 Å². The van der Waals surface area contributed by atoms with Crippen LogP contribution in [-0.4, -0.2) is 30.6 Å². The molecule has 1 N–H and O–H groups in total. The predicted octanol–water partition coefficient (Wildman–Crippen LogP) is 2.75. The predicted molar refractivity (Wildman–Crippen MR) is 75.6 cm³/mol. The summed E-state index contributed by atoms with van der Waals surface area (Å²) in [4.78, 5) is 2.72. The van der Waals surface area contributed by atoms with Gasteiger partial charge in [-0.25, -0.2) is 0 Å². The summed E-state index contributed by atoms with van der Waals surface area (Å²) in [5, 5.41) is 3.77. The summed E-state index contributed by atoms with van der Waals surface area (Å²) >= 11 is 0. The molecule has 0 spiro atoms. The molecule has 1 saturated carbocycles. The van der Waals surface area contributed by atoms with Crippen LogP contribution in [0.4, 0.5) is 0 Å². The quantitative estimate of drug-likeness (QED) is 0.860. The lowest BCUT2D eigenvalue weighted by atomic mass is 9.87. The molecular formula is C16H24N2. The minimum absolute atomic E-state index is 0.118. The average Bonchev–Trinajstić information content (AvgIpc) is 2.52. The molecule has 0 aromatic heterocycles. The molecule has 2 aliphatic rings. The minimum atomic E-state index is 0.118. The monoisotopic (exact) mass is 244 g/mol. The Bertz CT molecular complexity index is 385. The summed E-state index contributed by atoms with van der Waals surface area (Å²) in [5.41, 5.74) is 1.55. The molecule has 18 heavy (non-hydrogen) atoms. The largest absolute Gasteiger partial charge is 0.307 e. The van der Waals surface area contributed by atoms with Gasteiger partial charge in [-0.05, 0) is 44.8 Å². The average molecular weight is 244 g/mol. The first-order chi connectivity index (χ1) is 8.78. The second-order valence-corrected chi connectivity index (χ2v) is 6.03. The topological polar surface area (TPSA) is 15.3 Å². The van der Waals surface area contributed by atoms with Crippen LogP contribution in [-0.2, 0) is 5.54 Å². The molecule has 1 unspecified atom stereocenters. The summed E-state index contributed by atoms with van der Waals surface area (Å²) < 4.78 is 0. The van der Waals surface area contributed by atoms with E-state index in [4.69, 9.17) is 0 Å². The Kier molecular flexibility index (Phi) is 3.40. The van der Waals surface area contributed by atoms with Crippen LogP contribution >= 0.6 is 0 Å². The Morgan fingerprint density at radius 3 is 2.61 bits per heavy atom. The van der Waals surface area contributed by atoms with Crippen molar-refractivity contribution in [2.75, 3.05) is 19.6 Å². The first kappa shape index (κ1) is 12.2. The zero-order valence-corrected chi connectivity index (χ0v) is 11.4. The second-order valence-electron chi connectivity index (χ2n) is 6.03. The Hall–Kier alpha value is -0.860. The van der Waals surface area contributed by atoms with Crippen LogP contribution in [0.25, 0.3) is 0 Å². The highest BCUT2D eigenvalue weighted by Gasteiger charge is 2.34. The van der Waals surface area contributed by atoms with Gasteiger partial charge >= 0.3 is 0 Å². The zero-order chi connectivity index (χ0) is 12.4.